The van der Waals surface area contributed by atoms with Crippen LogP contribution >= 0.6 is 0 Å². The third-order valence-corrected chi connectivity index (χ3v) is 1.95. The minimum Gasteiger partial charge on any atom is -0.384 e. The average Bonchev–Trinajstić information content (AvgIpc) is 2.49. The number of pyridine rings is 1. The van der Waals surface area contributed by atoms with Gasteiger partial charge in [0.15, 0.2) is 0 Å². The molecule has 0 atom stereocenters. The van der Waals surface area contributed by atoms with Crippen LogP contribution in [0.25, 0.3) is 11.4 Å². The fourth-order valence-corrected chi connectivity index (χ4v) is 1.16. The minimum absolute atomic E-state index is 0.598. The molecule has 0 radical (unpaired) electrons. The Morgan fingerprint density at radius 1 is 1.38 bits per heavy atom. The van der Waals surface area contributed by atoms with Crippen LogP contribution in [-0.2, 0) is 0 Å². The molecule has 0 amide bonds. The Bertz CT molecular complexity index is 405. The highest BCUT2D eigenvalue weighted by Crippen LogP contribution is 2.21. The summed E-state index contributed by atoms with van der Waals surface area (Å²) in [6.07, 6.45) is 1.74. The molecule has 2 rings (SSSR count). The van der Waals surface area contributed by atoms with Crippen molar-refractivity contribution in [3.8, 4) is 11.4 Å². The lowest BCUT2D eigenvalue weighted by Crippen LogP contribution is -1.87. The summed E-state index contributed by atoms with van der Waals surface area (Å²) in [7, 11) is 0. The Morgan fingerprint density at radius 2 is 2.23 bits per heavy atom. The molecule has 13 heavy (non-hydrogen) atoms. The number of H-pyrrole nitrogens is 1. The largest absolute Gasteiger partial charge is 0.384 e. The Labute approximate surface area is 75.8 Å². The standard InChI is InChI=1S/C9H10N4/c1-6-8(12-13-9(6)10)7-4-2-3-5-11-7/h2-5H,1H3,(H3,10,12,13). The van der Waals surface area contributed by atoms with Crippen molar-refractivity contribution >= 4 is 5.82 Å². The van der Waals surface area contributed by atoms with E-state index in [1.807, 2.05) is 25.1 Å². The first-order chi connectivity index (χ1) is 6.29. The maximum absolute atomic E-state index is 5.63. The predicted molar refractivity (Wildman–Crippen MR) is 51.0 cm³/mol. The van der Waals surface area contributed by atoms with E-state index in [1.165, 1.54) is 0 Å². The van der Waals surface area contributed by atoms with Gasteiger partial charge < -0.3 is 5.73 Å². The number of aromatic nitrogens is 3. The molecule has 0 aliphatic heterocycles. The lowest BCUT2D eigenvalue weighted by Gasteiger charge is -1.95. The van der Waals surface area contributed by atoms with Gasteiger partial charge in [0, 0.05) is 11.8 Å². The molecule has 0 unspecified atom stereocenters. The van der Waals surface area contributed by atoms with E-state index >= 15 is 0 Å². The number of anilines is 1. The predicted octanol–water partition coefficient (Wildman–Crippen LogP) is 1.36. The summed E-state index contributed by atoms with van der Waals surface area (Å²) in [6.45, 7) is 1.92. The van der Waals surface area contributed by atoms with Gasteiger partial charge in [-0.25, -0.2) is 0 Å². The molecule has 2 aromatic heterocycles. The van der Waals surface area contributed by atoms with E-state index in [-0.39, 0.29) is 0 Å². The zero-order valence-corrected chi connectivity index (χ0v) is 7.28. The second kappa shape index (κ2) is 2.90. The van der Waals surface area contributed by atoms with Crippen molar-refractivity contribution in [2.45, 2.75) is 6.92 Å². The van der Waals surface area contributed by atoms with E-state index in [4.69, 9.17) is 5.73 Å². The summed E-state index contributed by atoms with van der Waals surface area (Å²) in [5, 5.41) is 6.80. The third-order valence-electron chi connectivity index (χ3n) is 1.95. The van der Waals surface area contributed by atoms with Gasteiger partial charge >= 0.3 is 0 Å². The number of nitrogens with zero attached hydrogens (tertiary/aromatic N) is 2. The summed E-state index contributed by atoms with van der Waals surface area (Å²) >= 11 is 0. The Morgan fingerprint density at radius 3 is 2.77 bits per heavy atom. The normalized spacial score (nSPS) is 10.2. The van der Waals surface area contributed by atoms with Crippen molar-refractivity contribution in [2.75, 3.05) is 5.73 Å². The van der Waals surface area contributed by atoms with Crippen LogP contribution in [0, 0.1) is 6.92 Å². The maximum atomic E-state index is 5.63. The van der Waals surface area contributed by atoms with Crippen molar-refractivity contribution in [1.82, 2.24) is 15.2 Å². The smallest absolute Gasteiger partial charge is 0.122 e. The molecule has 2 heterocycles. The lowest BCUT2D eigenvalue weighted by molar-refractivity contribution is 1.09. The Hall–Kier alpha value is -1.84. The van der Waals surface area contributed by atoms with Crippen molar-refractivity contribution in [3.05, 3.63) is 30.0 Å². The average molecular weight is 174 g/mol. The first-order valence-corrected chi connectivity index (χ1v) is 4.01. The number of nitrogens with two attached hydrogens (primary N) is 1. The van der Waals surface area contributed by atoms with E-state index in [1.54, 1.807) is 6.20 Å². The molecule has 0 saturated carbocycles. The van der Waals surface area contributed by atoms with Gasteiger partial charge in [-0.3, -0.25) is 10.1 Å². The molecular weight excluding hydrogens is 164 g/mol. The van der Waals surface area contributed by atoms with Crippen LogP contribution in [0.4, 0.5) is 5.82 Å². The topological polar surface area (TPSA) is 67.6 Å². The highest BCUT2D eigenvalue weighted by atomic mass is 15.2. The van der Waals surface area contributed by atoms with Gasteiger partial charge in [0.1, 0.15) is 11.5 Å². The fraction of sp³-hybridized carbons (Fsp3) is 0.111. The molecule has 0 aromatic carbocycles. The van der Waals surface area contributed by atoms with Gasteiger partial charge in [-0.05, 0) is 19.1 Å². The molecule has 0 aliphatic carbocycles. The number of nitrogens with one attached hydrogen (secondary N) is 1. The highest BCUT2D eigenvalue weighted by molar-refractivity contribution is 5.63. The van der Waals surface area contributed by atoms with E-state index in [9.17, 15) is 0 Å². The van der Waals surface area contributed by atoms with Gasteiger partial charge in [0.25, 0.3) is 0 Å². The maximum Gasteiger partial charge on any atom is 0.122 e. The summed E-state index contributed by atoms with van der Waals surface area (Å²) in [6, 6.07) is 5.70. The van der Waals surface area contributed by atoms with Gasteiger partial charge in [0.05, 0.1) is 5.69 Å². The summed E-state index contributed by atoms with van der Waals surface area (Å²) in [4.78, 5) is 4.19. The van der Waals surface area contributed by atoms with Crippen molar-refractivity contribution in [3.63, 3.8) is 0 Å². The first kappa shape index (κ1) is 7.79. The lowest BCUT2D eigenvalue weighted by atomic mass is 10.2. The van der Waals surface area contributed by atoms with Crippen molar-refractivity contribution < 1.29 is 0 Å². The van der Waals surface area contributed by atoms with E-state index in [2.05, 4.69) is 15.2 Å². The number of hydrogen-bond donors (Lipinski definition) is 2. The van der Waals surface area contributed by atoms with Crippen LogP contribution in [0.1, 0.15) is 5.56 Å². The van der Waals surface area contributed by atoms with Crippen molar-refractivity contribution in [2.24, 2.45) is 0 Å². The number of rotatable bonds is 1. The first-order valence-electron chi connectivity index (χ1n) is 4.01. The molecule has 4 heteroatoms. The monoisotopic (exact) mass is 174 g/mol. The molecule has 4 nitrogen and oxygen atoms in total. The van der Waals surface area contributed by atoms with E-state index in [0.29, 0.717) is 5.82 Å². The van der Waals surface area contributed by atoms with Gasteiger partial charge in [-0.1, -0.05) is 6.07 Å². The fourth-order valence-electron chi connectivity index (χ4n) is 1.16. The second-order valence-corrected chi connectivity index (χ2v) is 2.83. The molecule has 2 aromatic rings. The van der Waals surface area contributed by atoms with Crippen molar-refractivity contribution in [1.29, 1.82) is 0 Å². The van der Waals surface area contributed by atoms with Crippen LogP contribution in [0.3, 0.4) is 0 Å². The zero-order valence-electron chi connectivity index (χ0n) is 7.28. The molecule has 3 N–H and O–H groups in total. The SMILES string of the molecule is Cc1c(-c2ccccn2)n[nH]c1N. The quantitative estimate of drug-likeness (QED) is 0.686. The zero-order chi connectivity index (χ0) is 9.26. The molecular formula is C9H10N4. The molecule has 0 saturated heterocycles. The van der Waals surface area contributed by atoms with Crippen LogP contribution in [0.2, 0.25) is 0 Å². The summed E-state index contributed by atoms with van der Waals surface area (Å²) in [5.74, 6) is 0.598. The van der Waals surface area contributed by atoms with Gasteiger partial charge in [-0.2, -0.15) is 5.10 Å². The van der Waals surface area contributed by atoms with E-state index in [0.717, 1.165) is 17.0 Å². The molecule has 0 spiro atoms. The van der Waals surface area contributed by atoms with E-state index < -0.39 is 0 Å². The number of hydrogen-bond acceptors (Lipinski definition) is 3. The van der Waals surface area contributed by atoms with Crippen LogP contribution in [-0.4, -0.2) is 15.2 Å². The molecule has 0 aliphatic rings. The molecule has 66 valence electrons. The molecule has 0 bridgehead atoms. The number of nitrogen functional groups attached to an aromatic ring is 1. The molecule has 0 fully saturated rings. The summed E-state index contributed by atoms with van der Waals surface area (Å²) < 4.78 is 0. The van der Waals surface area contributed by atoms with Gasteiger partial charge in [-0.15, -0.1) is 0 Å². The van der Waals surface area contributed by atoms with Crippen LogP contribution in [0.15, 0.2) is 24.4 Å². The highest BCUT2D eigenvalue weighted by Gasteiger charge is 2.08. The second-order valence-electron chi connectivity index (χ2n) is 2.83. The van der Waals surface area contributed by atoms with Crippen LogP contribution < -0.4 is 5.73 Å². The summed E-state index contributed by atoms with van der Waals surface area (Å²) in [5.41, 5.74) is 8.23. The Kier molecular flexibility index (Phi) is 1.73. The third kappa shape index (κ3) is 1.26. The Balaban J connectivity index is 2.53. The van der Waals surface area contributed by atoms with Crippen LogP contribution in [0.5, 0.6) is 0 Å². The van der Waals surface area contributed by atoms with Gasteiger partial charge in [0.2, 0.25) is 0 Å². The minimum atomic E-state index is 0.598. The number of aromatic amines is 1.